The van der Waals surface area contributed by atoms with E-state index in [9.17, 15) is 4.79 Å². The second-order valence-electron chi connectivity index (χ2n) is 3.31. The van der Waals surface area contributed by atoms with E-state index in [0.29, 0.717) is 18.5 Å². The lowest BCUT2D eigenvalue weighted by molar-refractivity contribution is 0.0951. The van der Waals surface area contributed by atoms with Crippen LogP contribution in [0.25, 0.3) is 0 Å². The van der Waals surface area contributed by atoms with Crippen molar-refractivity contribution in [3.05, 3.63) is 31.8 Å². The number of carbonyl (C=O) groups excluding carboxylic acids is 1. The van der Waals surface area contributed by atoms with Gasteiger partial charge in [0, 0.05) is 21.2 Å². The summed E-state index contributed by atoms with van der Waals surface area (Å²) < 4.78 is 1.83. The fourth-order valence-corrected chi connectivity index (χ4v) is 2.12. The minimum absolute atomic E-state index is 0.0802. The van der Waals surface area contributed by atoms with E-state index in [1.54, 1.807) is 0 Å². The maximum Gasteiger partial charge on any atom is 0.252 e. The molecule has 0 saturated carbocycles. The van der Waals surface area contributed by atoms with Gasteiger partial charge in [0.1, 0.15) is 0 Å². The molecule has 0 bridgehead atoms. The number of aliphatic hydroxyl groups is 1. The van der Waals surface area contributed by atoms with Crippen molar-refractivity contribution in [2.24, 2.45) is 0 Å². The molecule has 0 aromatic heterocycles. The Labute approximate surface area is 117 Å². The zero-order valence-corrected chi connectivity index (χ0v) is 12.4. The van der Waals surface area contributed by atoms with E-state index < -0.39 is 0 Å². The van der Waals surface area contributed by atoms with Gasteiger partial charge in [0.2, 0.25) is 0 Å². The molecule has 5 heteroatoms. The largest absolute Gasteiger partial charge is 0.396 e. The summed E-state index contributed by atoms with van der Waals surface area (Å²) in [7, 11) is 0. The van der Waals surface area contributed by atoms with Crippen molar-refractivity contribution in [2.75, 3.05) is 13.2 Å². The van der Waals surface area contributed by atoms with Gasteiger partial charge in [-0.2, -0.15) is 0 Å². The third-order valence-corrected chi connectivity index (χ3v) is 3.41. The highest BCUT2D eigenvalue weighted by molar-refractivity contribution is 14.1. The molecule has 0 saturated heterocycles. The van der Waals surface area contributed by atoms with Crippen LogP contribution in [0.1, 0.15) is 23.2 Å². The molecule has 3 nitrogen and oxygen atoms in total. The molecule has 1 rings (SSSR count). The van der Waals surface area contributed by atoms with E-state index in [1.807, 2.05) is 18.2 Å². The summed E-state index contributed by atoms with van der Waals surface area (Å²) >= 11 is 5.52. The molecule has 0 unspecified atom stereocenters. The molecule has 88 valence electrons. The topological polar surface area (TPSA) is 49.3 Å². The second-order valence-corrected chi connectivity index (χ2v) is 5.41. The molecule has 0 atom stereocenters. The van der Waals surface area contributed by atoms with Gasteiger partial charge in [0.25, 0.3) is 5.91 Å². The smallest absolute Gasteiger partial charge is 0.252 e. The summed E-state index contributed by atoms with van der Waals surface area (Å²) in [6.07, 6.45) is 1.51. The quantitative estimate of drug-likeness (QED) is 0.592. The van der Waals surface area contributed by atoms with Gasteiger partial charge in [0.15, 0.2) is 0 Å². The van der Waals surface area contributed by atoms with Gasteiger partial charge < -0.3 is 10.4 Å². The standard InChI is InChI=1S/C11H13BrINO2/c12-10-4-3-8(13)7-9(10)11(16)14-5-1-2-6-15/h3-4,7,15H,1-2,5-6H2,(H,14,16). The maximum atomic E-state index is 11.8. The first-order valence-corrected chi connectivity index (χ1v) is 6.86. The Bertz CT molecular complexity index is 371. The highest BCUT2D eigenvalue weighted by Crippen LogP contribution is 2.19. The van der Waals surface area contributed by atoms with Crippen LogP contribution in [-0.4, -0.2) is 24.2 Å². The van der Waals surface area contributed by atoms with E-state index >= 15 is 0 Å². The monoisotopic (exact) mass is 397 g/mol. The Hall–Kier alpha value is -0.140. The summed E-state index contributed by atoms with van der Waals surface area (Å²) in [5.41, 5.74) is 0.649. The molecular formula is C11H13BrINO2. The van der Waals surface area contributed by atoms with Gasteiger partial charge in [0.05, 0.1) is 5.56 Å². The van der Waals surface area contributed by atoms with Crippen LogP contribution >= 0.6 is 38.5 Å². The highest BCUT2D eigenvalue weighted by Gasteiger charge is 2.09. The van der Waals surface area contributed by atoms with Gasteiger partial charge in [-0.3, -0.25) is 4.79 Å². The molecule has 0 fully saturated rings. The third kappa shape index (κ3) is 4.39. The van der Waals surface area contributed by atoms with Crippen LogP contribution in [0.15, 0.2) is 22.7 Å². The number of carbonyl (C=O) groups is 1. The lowest BCUT2D eigenvalue weighted by Gasteiger charge is -2.06. The summed E-state index contributed by atoms with van der Waals surface area (Å²) in [5, 5.41) is 11.4. The molecule has 0 spiro atoms. The van der Waals surface area contributed by atoms with Crippen molar-refractivity contribution in [3.8, 4) is 0 Å². The molecule has 0 aliphatic rings. The van der Waals surface area contributed by atoms with Crippen LogP contribution in [0, 0.1) is 3.57 Å². The van der Waals surface area contributed by atoms with Crippen LogP contribution in [0.4, 0.5) is 0 Å². The number of aliphatic hydroxyl groups excluding tert-OH is 1. The lowest BCUT2D eigenvalue weighted by Crippen LogP contribution is -2.25. The number of hydrogen-bond donors (Lipinski definition) is 2. The van der Waals surface area contributed by atoms with E-state index in [0.717, 1.165) is 14.5 Å². The fourth-order valence-electron chi connectivity index (χ4n) is 1.21. The average molecular weight is 398 g/mol. The molecular weight excluding hydrogens is 385 g/mol. The minimum Gasteiger partial charge on any atom is -0.396 e. The number of amides is 1. The van der Waals surface area contributed by atoms with Crippen LogP contribution in [-0.2, 0) is 0 Å². The molecule has 0 aliphatic carbocycles. The van der Waals surface area contributed by atoms with Crippen LogP contribution in [0.5, 0.6) is 0 Å². The summed E-state index contributed by atoms with van der Waals surface area (Å²) in [4.78, 5) is 11.8. The minimum atomic E-state index is -0.0802. The maximum absolute atomic E-state index is 11.8. The molecule has 0 radical (unpaired) electrons. The first kappa shape index (κ1) is 13.9. The second kappa shape index (κ2) is 7.24. The van der Waals surface area contributed by atoms with Crippen molar-refractivity contribution in [2.45, 2.75) is 12.8 Å². The Kier molecular flexibility index (Phi) is 6.30. The van der Waals surface area contributed by atoms with E-state index in [4.69, 9.17) is 5.11 Å². The SMILES string of the molecule is O=C(NCCCCO)c1cc(I)ccc1Br. The van der Waals surface area contributed by atoms with E-state index in [2.05, 4.69) is 43.8 Å². The van der Waals surface area contributed by atoms with Gasteiger partial charge in [-0.25, -0.2) is 0 Å². The lowest BCUT2D eigenvalue weighted by atomic mass is 10.2. The van der Waals surface area contributed by atoms with Crippen molar-refractivity contribution in [3.63, 3.8) is 0 Å². The molecule has 16 heavy (non-hydrogen) atoms. The van der Waals surface area contributed by atoms with Crippen molar-refractivity contribution >= 4 is 44.4 Å². The predicted octanol–water partition coefficient (Wildman–Crippen LogP) is 2.56. The summed E-state index contributed by atoms with van der Waals surface area (Å²) in [6, 6.07) is 5.64. The Morgan fingerprint density at radius 1 is 1.44 bits per heavy atom. The molecule has 1 amide bonds. The Morgan fingerprint density at radius 2 is 2.19 bits per heavy atom. The van der Waals surface area contributed by atoms with Gasteiger partial charge in [-0.05, 0) is 69.6 Å². The zero-order chi connectivity index (χ0) is 12.0. The molecule has 1 aromatic carbocycles. The Morgan fingerprint density at radius 3 is 2.88 bits per heavy atom. The molecule has 0 heterocycles. The number of unbranched alkanes of at least 4 members (excludes halogenated alkanes) is 1. The third-order valence-electron chi connectivity index (χ3n) is 2.04. The fraction of sp³-hybridized carbons (Fsp3) is 0.364. The van der Waals surface area contributed by atoms with Gasteiger partial charge in [-0.1, -0.05) is 0 Å². The van der Waals surface area contributed by atoms with Crippen molar-refractivity contribution < 1.29 is 9.90 Å². The average Bonchev–Trinajstić information content (AvgIpc) is 2.27. The van der Waals surface area contributed by atoms with Gasteiger partial charge >= 0.3 is 0 Å². The highest BCUT2D eigenvalue weighted by atomic mass is 127. The first-order valence-electron chi connectivity index (χ1n) is 4.99. The molecule has 1 aromatic rings. The molecule has 0 aliphatic heterocycles. The number of hydrogen-bond acceptors (Lipinski definition) is 2. The number of benzene rings is 1. The first-order chi connectivity index (χ1) is 7.65. The summed E-state index contributed by atoms with van der Waals surface area (Å²) in [6.45, 7) is 0.764. The number of rotatable bonds is 5. The van der Waals surface area contributed by atoms with Crippen molar-refractivity contribution in [1.82, 2.24) is 5.32 Å². The normalized spacial score (nSPS) is 10.2. The van der Waals surface area contributed by atoms with E-state index in [1.165, 1.54) is 0 Å². The zero-order valence-electron chi connectivity index (χ0n) is 8.67. The number of halogens is 2. The van der Waals surface area contributed by atoms with Crippen LogP contribution < -0.4 is 5.32 Å². The van der Waals surface area contributed by atoms with E-state index in [-0.39, 0.29) is 12.5 Å². The van der Waals surface area contributed by atoms with Crippen LogP contribution in [0.3, 0.4) is 0 Å². The van der Waals surface area contributed by atoms with Crippen molar-refractivity contribution in [1.29, 1.82) is 0 Å². The Balaban J connectivity index is 2.55. The van der Waals surface area contributed by atoms with Gasteiger partial charge in [-0.15, -0.1) is 0 Å². The predicted molar refractivity (Wildman–Crippen MR) is 75.5 cm³/mol. The van der Waals surface area contributed by atoms with Crippen LogP contribution in [0.2, 0.25) is 0 Å². The number of nitrogens with one attached hydrogen (secondary N) is 1. The molecule has 2 N–H and O–H groups in total. The summed E-state index contributed by atoms with van der Waals surface area (Å²) in [5.74, 6) is -0.0802.